The maximum absolute atomic E-state index is 13.0. The first-order chi connectivity index (χ1) is 11.7. The number of hydrogen-bond acceptors (Lipinski definition) is 5. The molecule has 9 heteroatoms. The van der Waals surface area contributed by atoms with Crippen LogP contribution in [0.3, 0.4) is 0 Å². The Balaban J connectivity index is 2.16. The molecule has 1 atom stereocenters. The van der Waals surface area contributed by atoms with E-state index >= 15 is 0 Å². The Bertz CT molecular complexity index is 962. The van der Waals surface area contributed by atoms with Gasteiger partial charge in [-0.25, -0.2) is 13.6 Å². The molecule has 0 fully saturated rings. The zero-order valence-corrected chi connectivity index (χ0v) is 15.1. The van der Waals surface area contributed by atoms with Crippen LogP contribution < -0.4 is 20.1 Å². The Kier molecular flexibility index (Phi) is 4.36. The molecule has 1 aliphatic rings. The van der Waals surface area contributed by atoms with Gasteiger partial charge in [0, 0.05) is 0 Å². The lowest BCUT2D eigenvalue weighted by atomic mass is 10.1. The second kappa shape index (κ2) is 6.21. The number of para-hydroxylation sites is 2. The molecule has 7 nitrogen and oxygen atoms in total. The topological polar surface area (TPSA) is 102 Å². The summed E-state index contributed by atoms with van der Waals surface area (Å²) in [6.45, 7) is 1.80. The predicted molar refractivity (Wildman–Crippen MR) is 95.7 cm³/mol. The molecular weight excluding hydrogens is 366 g/mol. The fraction of sp³-hybridized carbons (Fsp3) is 0.188. The normalized spacial score (nSPS) is 17.0. The van der Waals surface area contributed by atoms with Gasteiger partial charge in [0.1, 0.15) is 16.8 Å². The molecule has 0 spiro atoms. The second-order valence-corrected chi connectivity index (χ2v) is 7.48. The van der Waals surface area contributed by atoms with Gasteiger partial charge < -0.3 is 10.1 Å². The van der Waals surface area contributed by atoms with Crippen molar-refractivity contribution in [3.05, 3.63) is 47.0 Å². The van der Waals surface area contributed by atoms with Gasteiger partial charge in [-0.15, -0.1) is 0 Å². The third-order valence-corrected chi connectivity index (χ3v) is 5.30. The Morgan fingerprint density at radius 3 is 2.60 bits per heavy atom. The number of nitrogens with zero attached hydrogens (tertiary/aromatic N) is 1. The van der Waals surface area contributed by atoms with Crippen LogP contribution in [0.15, 0.2) is 41.3 Å². The van der Waals surface area contributed by atoms with Crippen molar-refractivity contribution in [1.82, 2.24) is 0 Å². The summed E-state index contributed by atoms with van der Waals surface area (Å²) in [7, 11) is -2.54. The van der Waals surface area contributed by atoms with Gasteiger partial charge in [0.15, 0.2) is 0 Å². The van der Waals surface area contributed by atoms with Gasteiger partial charge in [0.05, 0.1) is 29.1 Å². The smallest absolute Gasteiger partial charge is 0.262 e. The van der Waals surface area contributed by atoms with Gasteiger partial charge in [-0.1, -0.05) is 23.7 Å². The summed E-state index contributed by atoms with van der Waals surface area (Å²) in [4.78, 5) is 14.2. The molecule has 132 valence electrons. The predicted octanol–water partition coefficient (Wildman–Crippen LogP) is 2.41. The molecule has 3 N–H and O–H groups in total. The highest BCUT2D eigenvalue weighted by molar-refractivity contribution is 7.89. The van der Waals surface area contributed by atoms with Crippen molar-refractivity contribution >= 4 is 38.9 Å². The van der Waals surface area contributed by atoms with E-state index < -0.39 is 16.2 Å². The maximum atomic E-state index is 13.0. The minimum absolute atomic E-state index is 0.0421. The number of benzene rings is 2. The lowest BCUT2D eigenvalue weighted by molar-refractivity contribution is 0.0976. The molecule has 0 aromatic heterocycles. The summed E-state index contributed by atoms with van der Waals surface area (Å²) in [5, 5.41) is 8.27. The molecule has 0 saturated carbocycles. The number of nitrogens with two attached hydrogens (primary N) is 1. The third kappa shape index (κ3) is 3.04. The van der Waals surface area contributed by atoms with Crippen LogP contribution >= 0.6 is 11.6 Å². The van der Waals surface area contributed by atoms with Crippen LogP contribution in [0.4, 0.5) is 11.4 Å². The van der Waals surface area contributed by atoms with Crippen molar-refractivity contribution in [3.63, 3.8) is 0 Å². The highest BCUT2D eigenvalue weighted by Crippen LogP contribution is 2.37. The average molecular weight is 382 g/mol. The van der Waals surface area contributed by atoms with E-state index in [0.717, 1.165) is 0 Å². The van der Waals surface area contributed by atoms with Gasteiger partial charge >= 0.3 is 0 Å². The zero-order chi connectivity index (χ0) is 18.4. The van der Waals surface area contributed by atoms with Crippen LogP contribution in [0.25, 0.3) is 0 Å². The van der Waals surface area contributed by atoms with Crippen LogP contribution in [0.5, 0.6) is 5.75 Å². The number of anilines is 2. The van der Waals surface area contributed by atoms with Crippen LogP contribution in [0.2, 0.25) is 5.02 Å². The van der Waals surface area contributed by atoms with E-state index in [9.17, 15) is 13.2 Å². The fourth-order valence-electron chi connectivity index (χ4n) is 2.81. The first-order valence-corrected chi connectivity index (χ1v) is 9.26. The SMILES string of the molecule is COc1ccccc1N1C(=O)c2cc(S(N)(=O)=O)c(Cl)cc2NC1C. The summed E-state index contributed by atoms with van der Waals surface area (Å²) in [6, 6.07) is 9.65. The number of nitrogens with one attached hydrogen (secondary N) is 1. The highest BCUT2D eigenvalue weighted by atomic mass is 35.5. The van der Waals surface area contributed by atoms with Crippen LogP contribution in [0.1, 0.15) is 17.3 Å². The number of rotatable bonds is 3. The van der Waals surface area contributed by atoms with Crippen LogP contribution in [0, 0.1) is 0 Å². The summed E-state index contributed by atoms with van der Waals surface area (Å²) in [5.74, 6) is 0.140. The van der Waals surface area contributed by atoms with Crippen molar-refractivity contribution in [3.8, 4) is 5.75 Å². The van der Waals surface area contributed by atoms with E-state index in [0.29, 0.717) is 17.1 Å². The molecule has 1 amide bonds. The molecular formula is C16H16ClN3O4S. The lowest BCUT2D eigenvalue weighted by Gasteiger charge is -2.36. The standard InChI is InChI=1S/C16H16ClN3O4S/c1-9-19-12-8-11(17)15(25(18,22)23)7-10(12)16(21)20(9)13-5-3-4-6-14(13)24-2/h3-9,19H,1-2H3,(H2,18,22,23). The van der Waals surface area contributed by atoms with Gasteiger partial charge in [-0.05, 0) is 31.2 Å². The number of sulfonamides is 1. The largest absolute Gasteiger partial charge is 0.495 e. The van der Waals surface area contributed by atoms with Gasteiger partial charge in [0.2, 0.25) is 10.0 Å². The molecule has 0 radical (unpaired) electrons. The summed E-state index contributed by atoms with van der Waals surface area (Å²) in [5.41, 5.74) is 1.17. The van der Waals surface area contributed by atoms with E-state index in [-0.39, 0.29) is 21.4 Å². The number of hydrogen-bond donors (Lipinski definition) is 2. The molecule has 25 heavy (non-hydrogen) atoms. The first-order valence-electron chi connectivity index (χ1n) is 7.33. The first kappa shape index (κ1) is 17.5. The quantitative estimate of drug-likeness (QED) is 0.850. The van der Waals surface area contributed by atoms with Gasteiger partial charge in [-0.2, -0.15) is 0 Å². The minimum atomic E-state index is -4.05. The van der Waals surface area contributed by atoms with Crippen molar-refractivity contribution in [1.29, 1.82) is 0 Å². The fourth-order valence-corrected chi connectivity index (χ4v) is 3.91. The number of halogens is 1. The molecule has 1 aliphatic heterocycles. The highest BCUT2D eigenvalue weighted by Gasteiger charge is 2.33. The van der Waals surface area contributed by atoms with E-state index in [4.69, 9.17) is 21.5 Å². The Morgan fingerprint density at radius 1 is 1.28 bits per heavy atom. The Morgan fingerprint density at radius 2 is 1.96 bits per heavy atom. The summed E-state index contributed by atoms with van der Waals surface area (Å²) < 4.78 is 28.7. The number of carbonyl (C=O) groups is 1. The molecule has 3 rings (SSSR count). The molecule has 2 aromatic rings. The molecule has 2 aromatic carbocycles. The number of amides is 1. The van der Waals surface area contributed by atoms with Crippen LogP contribution in [-0.2, 0) is 10.0 Å². The average Bonchev–Trinajstić information content (AvgIpc) is 2.53. The summed E-state index contributed by atoms with van der Waals surface area (Å²) >= 11 is 6.00. The van der Waals surface area contributed by atoms with Crippen LogP contribution in [-0.4, -0.2) is 27.6 Å². The second-order valence-electron chi connectivity index (χ2n) is 5.54. The lowest BCUT2D eigenvalue weighted by Crippen LogP contribution is -2.47. The van der Waals surface area contributed by atoms with E-state index in [2.05, 4.69) is 5.32 Å². The molecule has 0 bridgehead atoms. The Labute approximate surface area is 150 Å². The van der Waals surface area contributed by atoms with E-state index in [1.54, 1.807) is 31.2 Å². The monoisotopic (exact) mass is 381 g/mol. The number of primary sulfonamides is 1. The number of ether oxygens (including phenoxy) is 1. The van der Waals surface area contributed by atoms with Crippen molar-refractivity contribution in [2.24, 2.45) is 5.14 Å². The van der Waals surface area contributed by atoms with E-state index in [1.165, 1.54) is 24.1 Å². The number of methoxy groups -OCH3 is 1. The summed E-state index contributed by atoms with van der Waals surface area (Å²) in [6.07, 6.45) is -0.396. The molecule has 0 aliphatic carbocycles. The van der Waals surface area contributed by atoms with Crippen molar-refractivity contribution < 1.29 is 17.9 Å². The number of carbonyl (C=O) groups excluding carboxylic acids is 1. The van der Waals surface area contributed by atoms with Gasteiger partial charge in [0.25, 0.3) is 5.91 Å². The maximum Gasteiger partial charge on any atom is 0.262 e. The Hall–Kier alpha value is -2.29. The zero-order valence-electron chi connectivity index (χ0n) is 13.5. The molecule has 1 unspecified atom stereocenters. The third-order valence-electron chi connectivity index (χ3n) is 3.92. The number of fused-ring (bicyclic) bond motifs is 1. The molecule has 1 heterocycles. The van der Waals surface area contributed by atoms with E-state index in [1.807, 2.05) is 0 Å². The van der Waals surface area contributed by atoms with Crippen molar-refractivity contribution in [2.75, 3.05) is 17.3 Å². The molecule has 0 saturated heterocycles. The van der Waals surface area contributed by atoms with Crippen molar-refractivity contribution in [2.45, 2.75) is 18.0 Å². The van der Waals surface area contributed by atoms with Gasteiger partial charge in [-0.3, -0.25) is 9.69 Å². The minimum Gasteiger partial charge on any atom is -0.495 e.